The van der Waals surface area contributed by atoms with Crippen LogP contribution < -0.4 is 10.6 Å². The average molecular weight is 319 g/mol. The van der Waals surface area contributed by atoms with E-state index in [4.69, 9.17) is 5.73 Å². The van der Waals surface area contributed by atoms with Crippen LogP contribution in [0.2, 0.25) is 0 Å². The fraction of sp³-hybridized carbons (Fsp3) is 0.278. The molecule has 0 aliphatic carbocycles. The van der Waals surface area contributed by atoms with Crippen molar-refractivity contribution >= 4 is 24.0 Å². The molecule has 0 fully saturated rings. The first kappa shape index (κ1) is 18.2. The molecule has 2 aromatic rings. The Morgan fingerprint density at radius 2 is 1.55 bits per heavy atom. The normalized spacial score (nSPS) is 9.86. The minimum atomic E-state index is 0. The molecule has 1 amide bonds. The second kappa shape index (κ2) is 9.98. The SMILES string of the molecule is Cl.NCCCC(=O)N(CCc1ccccc1)c1ccccc1. The summed E-state index contributed by atoms with van der Waals surface area (Å²) in [6.07, 6.45) is 2.08. The van der Waals surface area contributed by atoms with Crippen molar-refractivity contribution < 1.29 is 4.79 Å². The van der Waals surface area contributed by atoms with Gasteiger partial charge in [0.05, 0.1) is 0 Å². The molecule has 118 valence electrons. The van der Waals surface area contributed by atoms with E-state index in [1.165, 1.54) is 5.56 Å². The number of rotatable bonds is 7. The lowest BCUT2D eigenvalue weighted by molar-refractivity contribution is -0.118. The highest BCUT2D eigenvalue weighted by Crippen LogP contribution is 2.16. The van der Waals surface area contributed by atoms with Gasteiger partial charge in [-0.3, -0.25) is 4.79 Å². The Morgan fingerprint density at radius 3 is 2.14 bits per heavy atom. The number of para-hydroxylation sites is 1. The first-order valence-electron chi connectivity index (χ1n) is 7.40. The molecule has 0 bridgehead atoms. The Labute approximate surface area is 138 Å². The molecule has 0 saturated heterocycles. The van der Waals surface area contributed by atoms with Crippen molar-refractivity contribution in [1.29, 1.82) is 0 Å². The molecule has 4 heteroatoms. The van der Waals surface area contributed by atoms with E-state index >= 15 is 0 Å². The van der Waals surface area contributed by atoms with Crippen LogP contribution >= 0.6 is 12.4 Å². The van der Waals surface area contributed by atoms with Gasteiger partial charge in [-0.2, -0.15) is 0 Å². The predicted molar refractivity (Wildman–Crippen MR) is 94.5 cm³/mol. The third-order valence-electron chi connectivity index (χ3n) is 3.43. The van der Waals surface area contributed by atoms with Crippen molar-refractivity contribution in [1.82, 2.24) is 0 Å². The number of carbonyl (C=O) groups excluding carboxylic acids is 1. The topological polar surface area (TPSA) is 46.3 Å². The number of amides is 1. The standard InChI is InChI=1S/C18H22N2O.ClH/c19-14-7-12-18(21)20(17-10-5-2-6-11-17)15-13-16-8-3-1-4-9-16;/h1-6,8-11H,7,12-15,19H2;1H. The highest BCUT2D eigenvalue weighted by Gasteiger charge is 2.14. The zero-order chi connectivity index (χ0) is 14.9. The lowest BCUT2D eigenvalue weighted by Gasteiger charge is -2.23. The smallest absolute Gasteiger partial charge is 0.227 e. The van der Waals surface area contributed by atoms with Gasteiger partial charge in [-0.15, -0.1) is 12.4 Å². The van der Waals surface area contributed by atoms with Crippen molar-refractivity contribution in [3.05, 3.63) is 66.2 Å². The first-order valence-corrected chi connectivity index (χ1v) is 7.40. The molecule has 2 N–H and O–H groups in total. The summed E-state index contributed by atoms with van der Waals surface area (Å²) in [5.41, 5.74) is 7.70. The quantitative estimate of drug-likeness (QED) is 0.850. The van der Waals surface area contributed by atoms with Crippen molar-refractivity contribution in [2.75, 3.05) is 18.0 Å². The number of halogens is 1. The van der Waals surface area contributed by atoms with E-state index in [0.717, 1.165) is 18.5 Å². The first-order chi connectivity index (χ1) is 10.3. The van der Waals surface area contributed by atoms with Gasteiger partial charge >= 0.3 is 0 Å². The molecule has 0 aliphatic heterocycles. The Hall–Kier alpha value is -1.84. The van der Waals surface area contributed by atoms with E-state index in [0.29, 0.717) is 19.5 Å². The van der Waals surface area contributed by atoms with Crippen molar-refractivity contribution in [3.8, 4) is 0 Å². The van der Waals surface area contributed by atoms with Gasteiger partial charge in [-0.1, -0.05) is 48.5 Å². The maximum Gasteiger partial charge on any atom is 0.227 e. The Morgan fingerprint density at radius 1 is 0.955 bits per heavy atom. The molecule has 0 radical (unpaired) electrons. The van der Waals surface area contributed by atoms with Gasteiger partial charge in [-0.05, 0) is 37.1 Å². The second-order valence-corrected chi connectivity index (χ2v) is 5.01. The summed E-state index contributed by atoms with van der Waals surface area (Å²) in [6.45, 7) is 1.24. The van der Waals surface area contributed by atoms with Crippen LogP contribution in [-0.2, 0) is 11.2 Å². The van der Waals surface area contributed by atoms with Crippen LogP contribution in [0.25, 0.3) is 0 Å². The fourth-order valence-electron chi connectivity index (χ4n) is 2.28. The van der Waals surface area contributed by atoms with Crippen LogP contribution in [-0.4, -0.2) is 19.0 Å². The van der Waals surface area contributed by atoms with E-state index < -0.39 is 0 Å². The van der Waals surface area contributed by atoms with Gasteiger partial charge in [-0.25, -0.2) is 0 Å². The van der Waals surface area contributed by atoms with E-state index in [2.05, 4.69) is 12.1 Å². The molecule has 0 aromatic heterocycles. The number of benzene rings is 2. The summed E-state index contributed by atoms with van der Waals surface area (Å²) in [4.78, 5) is 14.3. The minimum Gasteiger partial charge on any atom is -0.330 e. The monoisotopic (exact) mass is 318 g/mol. The lowest BCUT2D eigenvalue weighted by Crippen LogP contribution is -2.33. The summed E-state index contributed by atoms with van der Waals surface area (Å²) in [5.74, 6) is 0.141. The number of nitrogens with zero attached hydrogens (tertiary/aromatic N) is 1. The van der Waals surface area contributed by atoms with Crippen LogP contribution in [0.15, 0.2) is 60.7 Å². The van der Waals surface area contributed by atoms with Gasteiger partial charge in [0.15, 0.2) is 0 Å². The van der Waals surface area contributed by atoms with E-state index in [1.807, 2.05) is 53.4 Å². The molecule has 2 rings (SSSR count). The maximum absolute atomic E-state index is 12.4. The van der Waals surface area contributed by atoms with Gasteiger partial charge in [0.1, 0.15) is 0 Å². The van der Waals surface area contributed by atoms with Crippen LogP contribution in [0.1, 0.15) is 18.4 Å². The van der Waals surface area contributed by atoms with Gasteiger partial charge in [0, 0.05) is 18.7 Å². The largest absolute Gasteiger partial charge is 0.330 e. The molecule has 0 unspecified atom stereocenters. The Kier molecular flexibility index (Phi) is 8.26. The summed E-state index contributed by atoms with van der Waals surface area (Å²) in [5, 5.41) is 0. The molecule has 0 heterocycles. The Balaban J connectivity index is 0.00000242. The van der Waals surface area contributed by atoms with Crippen LogP contribution in [0, 0.1) is 0 Å². The molecule has 2 aromatic carbocycles. The summed E-state index contributed by atoms with van der Waals surface area (Å²) >= 11 is 0. The summed E-state index contributed by atoms with van der Waals surface area (Å²) < 4.78 is 0. The fourth-order valence-corrected chi connectivity index (χ4v) is 2.28. The van der Waals surface area contributed by atoms with Gasteiger partial charge in [0.25, 0.3) is 0 Å². The predicted octanol–water partition coefficient (Wildman–Crippen LogP) is 3.42. The molecular formula is C18H23ClN2O. The number of hydrogen-bond donors (Lipinski definition) is 1. The lowest BCUT2D eigenvalue weighted by atomic mass is 10.1. The van der Waals surface area contributed by atoms with Crippen LogP contribution in [0.5, 0.6) is 0 Å². The van der Waals surface area contributed by atoms with E-state index in [-0.39, 0.29) is 18.3 Å². The van der Waals surface area contributed by atoms with Crippen molar-refractivity contribution in [2.45, 2.75) is 19.3 Å². The number of anilines is 1. The second-order valence-electron chi connectivity index (χ2n) is 5.01. The molecule has 3 nitrogen and oxygen atoms in total. The highest BCUT2D eigenvalue weighted by molar-refractivity contribution is 5.93. The highest BCUT2D eigenvalue weighted by atomic mass is 35.5. The molecule has 0 atom stereocenters. The molecule has 22 heavy (non-hydrogen) atoms. The number of hydrogen-bond acceptors (Lipinski definition) is 2. The van der Waals surface area contributed by atoms with E-state index in [1.54, 1.807) is 0 Å². The van der Waals surface area contributed by atoms with Gasteiger partial charge in [0.2, 0.25) is 5.91 Å². The zero-order valence-electron chi connectivity index (χ0n) is 12.7. The zero-order valence-corrected chi connectivity index (χ0v) is 13.5. The molecular weight excluding hydrogens is 296 g/mol. The third-order valence-corrected chi connectivity index (χ3v) is 3.43. The number of nitrogens with two attached hydrogens (primary N) is 1. The maximum atomic E-state index is 12.4. The van der Waals surface area contributed by atoms with E-state index in [9.17, 15) is 4.79 Å². The van der Waals surface area contributed by atoms with Gasteiger partial charge < -0.3 is 10.6 Å². The van der Waals surface area contributed by atoms with Crippen LogP contribution in [0.4, 0.5) is 5.69 Å². The molecule has 0 aliphatic rings. The van der Waals surface area contributed by atoms with Crippen LogP contribution in [0.3, 0.4) is 0 Å². The third kappa shape index (κ3) is 5.51. The number of carbonyl (C=O) groups is 1. The average Bonchev–Trinajstić information content (AvgIpc) is 2.55. The minimum absolute atomic E-state index is 0. The Bertz CT molecular complexity index is 546. The summed E-state index contributed by atoms with van der Waals surface area (Å²) in [6, 6.07) is 20.1. The van der Waals surface area contributed by atoms with Crippen molar-refractivity contribution in [2.24, 2.45) is 5.73 Å². The molecule has 0 spiro atoms. The van der Waals surface area contributed by atoms with Crippen molar-refractivity contribution in [3.63, 3.8) is 0 Å². The summed E-state index contributed by atoms with van der Waals surface area (Å²) in [7, 11) is 0. The molecule has 0 saturated carbocycles.